The van der Waals surface area contributed by atoms with Crippen molar-refractivity contribution in [3.8, 4) is 125 Å². The Bertz CT molecular complexity index is 7330. The van der Waals surface area contributed by atoms with Crippen molar-refractivity contribution >= 4 is 60.4 Å². The van der Waals surface area contributed by atoms with Gasteiger partial charge in [-0.2, -0.15) is 51.0 Å². The molecule has 2 saturated heterocycles. The van der Waals surface area contributed by atoms with E-state index in [0.29, 0.717) is 24.6 Å². The van der Waals surface area contributed by atoms with E-state index in [2.05, 4.69) is 244 Å². The van der Waals surface area contributed by atoms with Crippen LogP contribution in [0.5, 0.6) is 11.5 Å². The number of amides is 1. The molecule has 22 rings (SSSR count). The second-order valence-corrected chi connectivity index (χ2v) is 35.5. The SMILES string of the molecule is CC(C)(C)NC(=O)c1cccc(-c2n[nH]c3ccc(-c4ncn[nH]4)cc23)c1.CCC(C)(C)c1nc(-c2ccc3[nH]nc(-c4ccc(C)cc4)c3c2)n[nH]1.CN(C)CCOc1ccc(-c2n[nH]c3ccc(-c4ncn[nH]4)cc23)cc1.Cc1ccc(-c2n[nH]c3ccc(-c4n[nH]c(CN5CCCC5)n4)cc23)cc1.c1cc(OCCN2CCOCC2)cc(-c2n[nH]c3ccc(-c4ncn[nH]4)cc23)c1. The van der Waals surface area contributed by atoms with Crippen molar-refractivity contribution in [1.29, 1.82) is 0 Å². The van der Waals surface area contributed by atoms with Gasteiger partial charge in [0.05, 0.1) is 70.1 Å². The van der Waals surface area contributed by atoms with Gasteiger partial charge in [-0.15, -0.1) is 0 Å². The maximum absolute atomic E-state index is 12.5. The van der Waals surface area contributed by atoms with Gasteiger partial charge in [-0.3, -0.25) is 65.6 Å². The lowest BCUT2D eigenvalue weighted by atomic mass is 9.89. The van der Waals surface area contributed by atoms with Crippen LogP contribution in [-0.4, -0.2) is 233 Å². The first kappa shape index (κ1) is 89.7. The lowest BCUT2D eigenvalue weighted by Crippen LogP contribution is -2.40. The van der Waals surface area contributed by atoms with Crippen LogP contribution in [0.1, 0.15) is 93.9 Å². The number of likely N-dealkylation sites (tertiary alicyclic amines) is 1. The van der Waals surface area contributed by atoms with E-state index >= 15 is 0 Å². The molecule has 33 nitrogen and oxygen atoms in total. The van der Waals surface area contributed by atoms with E-state index in [-0.39, 0.29) is 16.9 Å². The number of morpholine rings is 1. The summed E-state index contributed by atoms with van der Waals surface area (Å²) in [6.45, 7) is 26.4. The van der Waals surface area contributed by atoms with Crippen LogP contribution in [0.25, 0.3) is 168 Å². The fourth-order valence-corrected chi connectivity index (χ4v) is 16.0. The lowest BCUT2D eigenvalue weighted by Gasteiger charge is -2.26. The number of hydrogen-bond donors (Lipinski definition) is 11. The quantitative estimate of drug-likeness (QED) is 0.0283. The molecule has 2 fully saturated rings. The molecule has 11 N–H and O–H groups in total. The molecule has 135 heavy (non-hydrogen) atoms. The molecule has 0 radical (unpaired) electrons. The van der Waals surface area contributed by atoms with Crippen molar-refractivity contribution < 1.29 is 19.0 Å². The summed E-state index contributed by atoms with van der Waals surface area (Å²) in [5, 5.41) is 81.7. The largest absolute Gasteiger partial charge is 0.492 e. The molecule has 10 aromatic carbocycles. The van der Waals surface area contributed by atoms with Crippen molar-refractivity contribution in [3.05, 3.63) is 260 Å². The van der Waals surface area contributed by atoms with E-state index in [1.807, 2.05) is 168 Å². The van der Waals surface area contributed by atoms with Gasteiger partial charge in [-0.1, -0.05) is 105 Å². The van der Waals surface area contributed by atoms with Crippen molar-refractivity contribution in [2.45, 2.75) is 92.2 Å². The molecular weight excluding hydrogens is 1700 g/mol. The molecule has 12 heterocycles. The number of H-pyrrole nitrogens is 10. The fraction of sp³-hybridized carbons (Fsp3) is 0.255. The van der Waals surface area contributed by atoms with Crippen molar-refractivity contribution in [3.63, 3.8) is 0 Å². The summed E-state index contributed by atoms with van der Waals surface area (Å²) >= 11 is 0. The molecule has 0 aliphatic carbocycles. The van der Waals surface area contributed by atoms with Crippen LogP contribution in [-0.2, 0) is 16.7 Å². The molecule has 33 heteroatoms. The highest BCUT2D eigenvalue weighted by molar-refractivity contribution is 6.01. The average Bonchev–Trinajstić information content (AvgIpc) is 1.63. The molecule has 2 aliphatic heterocycles. The van der Waals surface area contributed by atoms with E-state index in [1.54, 1.807) is 6.07 Å². The molecule has 2 aliphatic rings. The molecule has 0 bridgehead atoms. The fourth-order valence-electron chi connectivity index (χ4n) is 16.0. The monoisotopic (exact) mass is 1800 g/mol. The molecule has 10 aromatic heterocycles. The van der Waals surface area contributed by atoms with Crippen LogP contribution in [0.4, 0.5) is 0 Å². The van der Waals surface area contributed by atoms with E-state index in [0.717, 1.165) is 251 Å². The zero-order valence-corrected chi connectivity index (χ0v) is 77.0. The number of aromatic nitrogens is 25. The normalized spacial score (nSPS) is 13.1. The second kappa shape index (κ2) is 40.5. The zero-order chi connectivity index (χ0) is 92.9. The Kier molecular flexibility index (Phi) is 26.9. The molecule has 0 atom stereocenters. The third kappa shape index (κ3) is 21.5. The number of likely N-dealkylation sites (N-methyl/N-ethyl adjacent to an activating group) is 1. The summed E-state index contributed by atoms with van der Waals surface area (Å²) < 4.78 is 17.1. The molecule has 684 valence electrons. The number of aryl methyl sites for hydroxylation is 2. The number of ether oxygens (including phenoxy) is 3. The number of carbonyl (C=O) groups excluding carboxylic acids is 1. The predicted octanol–water partition coefficient (Wildman–Crippen LogP) is 18.2. The third-order valence-electron chi connectivity index (χ3n) is 23.9. The van der Waals surface area contributed by atoms with Crippen molar-refractivity contribution in [2.24, 2.45) is 0 Å². The highest BCUT2D eigenvalue weighted by Gasteiger charge is 2.26. The first-order valence-corrected chi connectivity index (χ1v) is 45.3. The van der Waals surface area contributed by atoms with Gasteiger partial charge in [0.15, 0.2) is 29.1 Å². The number of nitrogens with zero attached hydrogens (tertiary/aromatic N) is 18. The van der Waals surface area contributed by atoms with Gasteiger partial charge >= 0.3 is 0 Å². The number of carbonyl (C=O) groups is 1. The van der Waals surface area contributed by atoms with Crippen LogP contribution >= 0.6 is 0 Å². The maximum atomic E-state index is 12.5. The Balaban J connectivity index is 0.000000113. The Morgan fingerprint density at radius 1 is 0.415 bits per heavy atom. The highest BCUT2D eigenvalue weighted by Crippen LogP contribution is 2.38. The van der Waals surface area contributed by atoms with Gasteiger partial charge < -0.3 is 24.4 Å². The Hall–Kier alpha value is -15.8. The van der Waals surface area contributed by atoms with Gasteiger partial charge in [0, 0.05) is 125 Å². The van der Waals surface area contributed by atoms with Crippen LogP contribution in [0.15, 0.2) is 231 Å². The summed E-state index contributed by atoms with van der Waals surface area (Å²) in [6, 6.07) is 70.9. The summed E-state index contributed by atoms with van der Waals surface area (Å²) in [5.41, 5.74) is 22.1. The minimum absolute atomic E-state index is 0.0158. The standard InChI is InChI=1S/C21H22N6O2.C21H22N6.C21H23N5.C20H20N6O.C19H20N6O/c1-2-15(12-17(3-1)29-11-8-27-6-9-28-10-7-27)20-18-13-16(21-22-14-23-26-21)4-5-19(18)24-25-20;1-14-4-6-15(7-5-14)20-17-12-16(8-9-18(17)23-25-20)21-22-19(24-26-21)13-27-10-2-3-11-27;1-5-21(3,4)20-22-19(25-26-20)15-10-11-17-16(12-15)18(24-23-17)14-8-6-13(2)7-9-14;1-20(2,3)23-19(27)14-6-4-5-12(9-14)17-15-10-13(18-21-11-22-26-18)7-8-16(15)24-25-17;1-25(2)9-10-26-15-6-3-13(4-7-15)18-16-11-14(19-20-12-21-24-19)5-8-17(16)22-23-18/h1-5,12-14H,6-11H2,(H,24,25)(H,22,23,26);4-9,12H,2-3,10-11,13H2,1H3,(H,23,25)(H,22,24,26);6-12H,5H2,1-4H3,(H,23,24)(H,22,25,26);4-11H,1-3H3,(H,23,27)(H,24,25)(H,21,22,26);3-8,11-12H,9-10H2,1-2H3,(H,22,23)(H,20,21,24). The van der Waals surface area contributed by atoms with Crippen molar-refractivity contribution in [1.82, 2.24) is 147 Å². The van der Waals surface area contributed by atoms with Gasteiger partial charge in [-0.25, -0.2) is 24.9 Å². The van der Waals surface area contributed by atoms with E-state index in [9.17, 15) is 4.79 Å². The highest BCUT2D eigenvalue weighted by atomic mass is 16.5. The van der Waals surface area contributed by atoms with Gasteiger partial charge in [0.25, 0.3) is 5.91 Å². The van der Waals surface area contributed by atoms with Crippen LogP contribution in [0, 0.1) is 13.8 Å². The number of aromatic amines is 10. The predicted molar refractivity (Wildman–Crippen MR) is 526 cm³/mol. The molecular formula is C102H107N29O4. The first-order valence-electron chi connectivity index (χ1n) is 45.3. The molecule has 0 saturated carbocycles. The molecule has 20 aromatic rings. The topological polar surface area (TPSA) is 418 Å². The summed E-state index contributed by atoms with van der Waals surface area (Å²) in [5.74, 6) is 7.08. The van der Waals surface area contributed by atoms with E-state index in [1.165, 1.54) is 43.0 Å². The lowest BCUT2D eigenvalue weighted by molar-refractivity contribution is 0.0322. The Morgan fingerprint density at radius 2 is 0.830 bits per heavy atom. The van der Waals surface area contributed by atoms with Gasteiger partial charge in [0.2, 0.25) is 0 Å². The second-order valence-electron chi connectivity index (χ2n) is 35.5. The minimum Gasteiger partial charge on any atom is -0.492 e. The minimum atomic E-state index is -0.294. The number of nitrogens with one attached hydrogen (secondary N) is 11. The molecule has 0 unspecified atom stereocenters. The van der Waals surface area contributed by atoms with Crippen LogP contribution in [0.2, 0.25) is 0 Å². The molecule has 0 spiro atoms. The van der Waals surface area contributed by atoms with Gasteiger partial charge in [0.1, 0.15) is 61.0 Å². The maximum Gasteiger partial charge on any atom is 0.251 e. The smallest absolute Gasteiger partial charge is 0.251 e. The first-order chi connectivity index (χ1) is 65.7. The van der Waals surface area contributed by atoms with E-state index in [4.69, 9.17) is 24.2 Å². The van der Waals surface area contributed by atoms with E-state index < -0.39 is 0 Å². The average molecular weight is 1800 g/mol. The number of benzene rings is 10. The van der Waals surface area contributed by atoms with Crippen LogP contribution < -0.4 is 14.8 Å². The zero-order valence-electron chi connectivity index (χ0n) is 77.0. The summed E-state index contributed by atoms with van der Waals surface area (Å²) in [6.07, 6.45) is 8.05. The number of fused-ring (bicyclic) bond motifs is 5. The van der Waals surface area contributed by atoms with Crippen LogP contribution in [0.3, 0.4) is 0 Å². The van der Waals surface area contributed by atoms with Gasteiger partial charge in [-0.05, 0) is 221 Å². The van der Waals surface area contributed by atoms with Crippen molar-refractivity contribution in [2.75, 3.05) is 79.8 Å². The summed E-state index contributed by atoms with van der Waals surface area (Å²) in [4.78, 5) is 41.5. The third-order valence-corrected chi connectivity index (χ3v) is 23.9. The summed E-state index contributed by atoms with van der Waals surface area (Å²) in [7, 11) is 4.06. The number of hydrogen-bond acceptors (Lipinski definition) is 22. The Morgan fingerprint density at radius 3 is 1.28 bits per heavy atom. The Labute approximate surface area is 778 Å². The number of rotatable bonds is 23. The molecule has 1 amide bonds.